The third-order valence-electron chi connectivity index (χ3n) is 3.15. The standard InChI is InChI=1S/C14H24N2O3S/c1-2-7-16(8-10-17)9-11-20(18,19)14-5-3-13(12-15)4-6-14/h3-6,17H,2,7-12,15H2,1H3. The molecule has 0 fully saturated rings. The van der Waals surface area contributed by atoms with Crippen LogP contribution < -0.4 is 5.73 Å². The Labute approximate surface area is 121 Å². The SMILES string of the molecule is CCCN(CCO)CCS(=O)(=O)c1ccc(CN)cc1. The largest absolute Gasteiger partial charge is 0.395 e. The van der Waals surface area contributed by atoms with E-state index in [0.717, 1.165) is 18.5 Å². The third-order valence-corrected chi connectivity index (χ3v) is 4.86. The number of sulfone groups is 1. The maximum atomic E-state index is 12.2. The molecule has 1 aromatic rings. The molecule has 0 spiro atoms. The molecule has 0 aliphatic heterocycles. The fourth-order valence-electron chi connectivity index (χ4n) is 1.99. The molecule has 1 rings (SSSR count). The highest BCUT2D eigenvalue weighted by Gasteiger charge is 2.16. The first kappa shape index (κ1) is 17.1. The van der Waals surface area contributed by atoms with E-state index in [-0.39, 0.29) is 12.4 Å². The average molecular weight is 300 g/mol. The molecule has 5 nitrogen and oxygen atoms in total. The summed E-state index contributed by atoms with van der Waals surface area (Å²) in [6.45, 7) is 4.23. The fourth-order valence-corrected chi connectivity index (χ4v) is 3.28. The van der Waals surface area contributed by atoms with E-state index in [2.05, 4.69) is 0 Å². The van der Waals surface area contributed by atoms with Gasteiger partial charge in [0.2, 0.25) is 0 Å². The zero-order valence-electron chi connectivity index (χ0n) is 12.0. The van der Waals surface area contributed by atoms with Crippen molar-refractivity contribution in [1.29, 1.82) is 0 Å². The van der Waals surface area contributed by atoms with E-state index in [0.29, 0.717) is 24.5 Å². The van der Waals surface area contributed by atoms with Crippen LogP contribution in [0.4, 0.5) is 0 Å². The van der Waals surface area contributed by atoms with Gasteiger partial charge in [0.1, 0.15) is 0 Å². The van der Waals surface area contributed by atoms with Gasteiger partial charge < -0.3 is 15.7 Å². The van der Waals surface area contributed by atoms with E-state index in [1.54, 1.807) is 24.3 Å². The van der Waals surface area contributed by atoms with E-state index in [1.165, 1.54) is 0 Å². The first-order valence-electron chi connectivity index (χ1n) is 6.88. The number of hydrogen-bond acceptors (Lipinski definition) is 5. The topological polar surface area (TPSA) is 83.6 Å². The molecule has 0 saturated carbocycles. The number of hydrogen-bond donors (Lipinski definition) is 2. The number of aliphatic hydroxyl groups excluding tert-OH is 1. The van der Waals surface area contributed by atoms with E-state index >= 15 is 0 Å². The minimum atomic E-state index is -3.28. The van der Waals surface area contributed by atoms with Gasteiger partial charge in [-0.2, -0.15) is 0 Å². The molecular formula is C14H24N2O3S. The van der Waals surface area contributed by atoms with Crippen LogP contribution in [0.1, 0.15) is 18.9 Å². The van der Waals surface area contributed by atoms with Crippen molar-refractivity contribution in [3.8, 4) is 0 Å². The van der Waals surface area contributed by atoms with Gasteiger partial charge in [-0.05, 0) is 30.7 Å². The van der Waals surface area contributed by atoms with Crippen molar-refractivity contribution in [2.24, 2.45) is 5.73 Å². The molecule has 114 valence electrons. The molecule has 0 bridgehead atoms. The molecular weight excluding hydrogens is 276 g/mol. The summed E-state index contributed by atoms with van der Waals surface area (Å²) in [5.41, 5.74) is 6.41. The second-order valence-electron chi connectivity index (χ2n) is 4.73. The maximum Gasteiger partial charge on any atom is 0.179 e. The van der Waals surface area contributed by atoms with Crippen molar-refractivity contribution in [3.63, 3.8) is 0 Å². The number of benzene rings is 1. The summed E-state index contributed by atoms with van der Waals surface area (Å²) >= 11 is 0. The second-order valence-corrected chi connectivity index (χ2v) is 6.84. The van der Waals surface area contributed by atoms with Gasteiger partial charge in [-0.15, -0.1) is 0 Å². The van der Waals surface area contributed by atoms with Crippen LogP contribution >= 0.6 is 0 Å². The lowest BCUT2D eigenvalue weighted by Gasteiger charge is -2.20. The van der Waals surface area contributed by atoms with Crippen LogP contribution in [0.15, 0.2) is 29.2 Å². The highest BCUT2D eigenvalue weighted by atomic mass is 32.2. The Kier molecular flexibility index (Phi) is 7.15. The zero-order chi connectivity index (χ0) is 15.0. The molecule has 0 atom stereocenters. The summed E-state index contributed by atoms with van der Waals surface area (Å²) in [5, 5.41) is 8.96. The summed E-state index contributed by atoms with van der Waals surface area (Å²) in [4.78, 5) is 2.29. The van der Waals surface area contributed by atoms with Crippen molar-refractivity contribution in [3.05, 3.63) is 29.8 Å². The van der Waals surface area contributed by atoms with Gasteiger partial charge in [0.15, 0.2) is 9.84 Å². The minimum Gasteiger partial charge on any atom is -0.395 e. The Morgan fingerprint density at radius 3 is 2.30 bits per heavy atom. The first-order valence-corrected chi connectivity index (χ1v) is 8.53. The van der Waals surface area contributed by atoms with Crippen LogP contribution in [0.3, 0.4) is 0 Å². The normalized spacial score (nSPS) is 12.0. The van der Waals surface area contributed by atoms with Gasteiger partial charge in [-0.1, -0.05) is 19.1 Å². The van der Waals surface area contributed by atoms with Gasteiger partial charge in [0.25, 0.3) is 0 Å². The van der Waals surface area contributed by atoms with Crippen molar-refractivity contribution < 1.29 is 13.5 Å². The number of aliphatic hydroxyl groups is 1. The van der Waals surface area contributed by atoms with Crippen LogP contribution in [0, 0.1) is 0 Å². The maximum absolute atomic E-state index is 12.2. The summed E-state index contributed by atoms with van der Waals surface area (Å²) in [5.74, 6) is 0.0645. The van der Waals surface area contributed by atoms with Gasteiger partial charge in [0, 0.05) is 19.6 Å². The van der Waals surface area contributed by atoms with Gasteiger partial charge in [-0.3, -0.25) is 0 Å². The van der Waals surface area contributed by atoms with Crippen LogP contribution in [0.2, 0.25) is 0 Å². The lowest BCUT2D eigenvalue weighted by Crippen LogP contribution is -2.32. The molecule has 3 N–H and O–H groups in total. The van der Waals surface area contributed by atoms with Crippen molar-refractivity contribution >= 4 is 9.84 Å². The highest BCUT2D eigenvalue weighted by molar-refractivity contribution is 7.91. The summed E-state index contributed by atoms with van der Waals surface area (Å²) in [7, 11) is -3.28. The average Bonchev–Trinajstić information content (AvgIpc) is 2.45. The van der Waals surface area contributed by atoms with E-state index in [4.69, 9.17) is 10.8 Å². The lowest BCUT2D eigenvalue weighted by molar-refractivity contribution is 0.203. The van der Waals surface area contributed by atoms with Crippen molar-refractivity contribution in [2.75, 3.05) is 32.0 Å². The Hall–Kier alpha value is -0.950. The van der Waals surface area contributed by atoms with E-state index in [9.17, 15) is 8.42 Å². The van der Waals surface area contributed by atoms with Crippen molar-refractivity contribution in [2.45, 2.75) is 24.8 Å². The summed E-state index contributed by atoms with van der Waals surface area (Å²) < 4.78 is 24.4. The third kappa shape index (κ3) is 5.20. The Balaban J connectivity index is 2.68. The fraction of sp³-hybridized carbons (Fsp3) is 0.571. The number of nitrogens with zero attached hydrogens (tertiary/aromatic N) is 1. The van der Waals surface area contributed by atoms with Crippen LogP contribution in [0.25, 0.3) is 0 Å². The Morgan fingerprint density at radius 2 is 1.80 bits per heavy atom. The first-order chi connectivity index (χ1) is 9.53. The molecule has 0 amide bonds. The number of nitrogens with two attached hydrogens (primary N) is 1. The molecule has 20 heavy (non-hydrogen) atoms. The summed E-state index contributed by atoms with van der Waals surface area (Å²) in [6, 6.07) is 6.69. The molecule has 0 aliphatic rings. The molecule has 0 unspecified atom stereocenters. The highest BCUT2D eigenvalue weighted by Crippen LogP contribution is 2.12. The predicted octanol–water partition coefficient (Wildman–Crippen LogP) is 0.623. The zero-order valence-corrected chi connectivity index (χ0v) is 12.8. The molecule has 0 aliphatic carbocycles. The van der Waals surface area contributed by atoms with Gasteiger partial charge in [0.05, 0.1) is 17.3 Å². The monoisotopic (exact) mass is 300 g/mol. The molecule has 0 radical (unpaired) electrons. The van der Waals surface area contributed by atoms with Crippen molar-refractivity contribution in [1.82, 2.24) is 4.90 Å². The number of rotatable bonds is 9. The molecule has 0 saturated heterocycles. The molecule has 1 aromatic carbocycles. The van der Waals surface area contributed by atoms with E-state index < -0.39 is 9.84 Å². The second kappa shape index (κ2) is 8.36. The van der Waals surface area contributed by atoms with E-state index in [1.807, 2.05) is 11.8 Å². The minimum absolute atomic E-state index is 0.0469. The predicted molar refractivity (Wildman–Crippen MR) is 80.2 cm³/mol. The summed E-state index contributed by atoms with van der Waals surface area (Å²) in [6.07, 6.45) is 0.936. The molecule has 6 heteroatoms. The smallest absolute Gasteiger partial charge is 0.179 e. The van der Waals surface area contributed by atoms with Gasteiger partial charge in [-0.25, -0.2) is 8.42 Å². The van der Waals surface area contributed by atoms with Crippen LogP contribution in [0.5, 0.6) is 0 Å². The Bertz CT molecular complexity index is 480. The Morgan fingerprint density at radius 1 is 1.15 bits per heavy atom. The lowest BCUT2D eigenvalue weighted by atomic mass is 10.2. The molecule has 0 aromatic heterocycles. The van der Waals surface area contributed by atoms with Gasteiger partial charge >= 0.3 is 0 Å². The van der Waals surface area contributed by atoms with Crippen LogP contribution in [-0.2, 0) is 16.4 Å². The van der Waals surface area contributed by atoms with Crippen LogP contribution in [-0.4, -0.2) is 50.4 Å². The molecule has 0 heterocycles. The quantitative estimate of drug-likeness (QED) is 0.698.